The standard InChI is InChI=1S/C15H21NO4/c1-15(2,3)20-14(18)16-12-7-8-13(19-4)11(10-12)6-5-9-17/h5-8,10,17H,9H2,1-4H3,(H,16,18)/b6-5+. The van der Waals surface area contributed by atoms with Gasteiger partial charge in [-0.05, 0) is 39.0 Å². The van der Waals surface area contributed by atoms with Crippen LogP contribution in [-0.2, 0) is 4.74 Å². The first-order valence-corrected chi connectivity index (χ1v) is 6.31. The lowest BCUT2D eigenvalue weighted by molar-refractivity contribution is 0.0636. The number of benzene rings is 1. The second-order valence-corrected chi connectivity index (χ2v) is 5.17. The van der Waals surface area contributed by atoms with Gasteiger partial charge in [0.25, 0.3) is 0 Å². The van der Waals surface area contributed by atoms with Crippen LogP contribution in [0.2, 0.25) is 0 Å². The SMILES string of the molecule is COc1ccc(NC(=O)OC(C)(C)C)cc1/C=C/CO. The maximum absolute atomic E-state index is 11.7. The van der Waals surface area contributed by atoms with Gasteiger partial charge in [0.15, 0.2) is 0 Å². The second-order valence-electron chi connectivity index (χ2n) is 5.17. The maximum atomic E-state index is 11.7. The van der Waals surface area contributed by atoms with Gasteiger partial charge in [-0.15, -0.1) is 0 Å². The van der Waals surface area contributed by atoms with Crippen molar-refractivity contribution in [1.82, 2.24) is 0 Å². The number of carbonyl (C=O) groups is 1. The van der Waals surface area contributed by atoms with Gasteiger partial charge < -0.3 is 14.6 Å². The number of carbonyl (C=O) groups excluding carboxylic acids is 1. The molecule has 0 fully saturated rings. The molecule has 5 heteroatoms. The van der Waals surface area contributed by atoms with Crippen LogP contribution in [0.25, 0.3) is 6.08 Å². The normalized spacial score (nSPS) is 11.4. The Balaban J connectivity index is 2.86. The summed E-state index contributed by atoms with van der Waals surface area (Å²) in [5.41, 5.74) is 0.809. The van der Waals surface area contributed by atoms with E-state index in [9.17, 15) is 4.79 Å². The Kier molecular flexibility index (Phi) is 5.58. The Morgan fingerprint density at radius 3 is 2.65 bits per heavy atom. The Bertz CT molecular complexity index is 489. The van der Waals surface area contributed by atoms with Gasteiger partial charge in [-0.2, -0.15) is 0 Å². The first-order chi connectivity index (χ1) is 9.35. The minimum Gasteiger partial charge on any atom is -0.496 e. The van der Waals surface area contributed by atoms with Crippen molar-refractivity contribution in [3.8, 4) is 5.75 Å². The van der Waals surface area contributed by atoms with Crippen molar-refractivity contribution in [2.24, 2.45) is 0 Å². The molecule has 0 aliphatic heterocycles. The number of amides is 1. The highest BCUT2D eigenvalue weighted by atomic mass is 16.6. The summed E-state index contributed by atoms with van der Waals surface area (Å²) in [4.78, 5) is 11.7. The van der Waals surface area contributed by atoms with E-state index < -0.39 is 11.7 Å². The summed E-state index contributed by atoms with van der Waals surface area (Å²) in [6.07, 6.45) is 2.80. The van der Waals surface area contributed by atoms with E-state index in [1.165, 1.54) is 0 Å². The van der Waals surface area contributed by atoms with E-state index in [-0.39, 0.29) is 6.61 Å². The predicted molar refractivity (Wildman–Crippen MR) is 79.0 cm³/mol. The minimum absolute atomic E-state index is 0.0626. The zero-order chi connectivity index (χ0) is 15.2. The van der Waals surface area contributed by atoms with Crippen molar-refractivity contribution in [1.29, 1.82) is 0 Å². The molecule has 0 unspecified atom stereocenters. The summed E-state index contributed by atoms with van der Waals surface area (Å²) in [6.45, 7) is 5.34. The molecule has 1 amide bonds. The monoisotopic (exact) mass is 279 g/mol. The highest BCUT2D eigenvalue weighted by Gasteiger charge is 2.16. The number of nitrogens with one attached hydrogen (secondary N) is 1. The molecule has 0 bridgehead atoms. The molecule has 0 aliphatic carbocycles. The summed E-state index contributed by atoms with van der Waals surface area (Å²) < 4.78 is 10.4. The van der Waals surface area contributed by atoms with Gasteiger partial charge in [0.05, 0.1) is 13.7 Å². The van der Waals surface area contributed by atoms with Crippen molar-refractivity contribution < 1.29 is 19.4 Å². The Morgan fingerprint density at radius 1 is 1.40 bits per heavy atom. The highest BCUT2D eigenvalue weighted by molar-refractivity contribution is 5.85. The van der Waals surface area contributed by atoms with Crippen molar-refractivity contribution in [2.75, 3.05) is 19.0 Å². The summed E-state index contributed by atoms with van der Waals surface area (Å²) >= 11 is 0. The largest absolute Gasteiger partial charge is 0.496 e. The van der Waals surface area contributed by atoms with Crippen LogP contribution < -0.4 is 10.1 Å². The third-order valence-corrected chi connectivity index (χ3v) is 2.28. The number of rotatable bonds is 4. The van der Waals surface area contributed by atoms with Gasteiger partial charge in [0.2, 0.25) is 0 Å². The molecule has 1 rings (SSSR count). The van der Waals surface area contributed by atoms with Crippen molar-refractivity contribution in [3.63, 3.8) is 0 Å². The highest BCUT2D eigenvalue weighted by Crippen LogP contribution is 2.24. The molecule has 1 aromatic rings. The van der Waals surface area contributed by atoms with Gasteiger partial charge >= 0.3 is 6.09 Å². The number of aliphatic hydroxyl groups excluding tert-OH is 1. The van der Waals surface area contributed by atoms with E-state index in [2.05, 4.69) is 5.32 Å². The molecule has 20 heavy (non-hydrogen) atoms. The average molecular weight is 279 g/mol. The Morgan fingerprint density at radius 2 is 2.10 bits per heavy atom. The molecule has 0 saturated carbocycles. The van der Waals surface area contributed by atoms with E-state index >= 15 is 0 Å². The van der Waals surface area contributed by atoms with Gasteiger partial charge in [-0.25, -0.2) is 4.79 Å². The van der Waals surface area contributed by atoms with Crippen molar-refractivity contribution in [3.05, 3.63) is 29.8 Å². The van der Waals surface area contributed by atoms with E-state index in [1.807, 2.05) is 0 Å². The third-order valence-electron chi connectivity index (χ3n) is 2.28. The van der Waals surface area contributed by atoms with Crippen LogP contribution in [0.4, 0.5) is 10.5 Å². The molecule has 0 heterocycles. The molecule has 0 aromatic heterocycles. The van der Waals surface area contributed by atoms with Gasteiger partial charge in [0.1, 0.15) is 11.4 Å². The molecule has 0 aliphatic rings. The van der Waals surface area contributed by atoms with E-state index in [4.69, 9.17) is 14.6 Å². The van der Waals surface area contributed by atoms with E-state index in [0.717, 1.165) is 5.56 Å². The van der Waals surface area contributed by atoms with Crippen LogP contribution in [-0.4, -0.2) is 30.5 Å². The van der Waals surface area contributed by atoms with Crippen LogP contribution >= 0.6 is 0 Å². The van der Waals surface area contributed by atoms with E-state index in [0.29, 0.717) is 11.4 Å². The number of methoxy groups -OCH3 is 1. The number of aliphatic hydroxyl groups is 1. The lowest BCUT2D eigenvalue weighted by Crippen LogP contribution is -2.27. The number of hydrogen-bond donors (Lipinski definition) is 2. The van der Waals surface area contributed by atoms with Crippen molar-refractivity contribution in [2.45, 2.75) is 26.4 Å². The smallest absolute Gasteiger partial charge is 0.412 e. The molecule has 0 atom stereocenters. The zero-order valence-electron chi connectivity index (χ0n) is 12.3. The van der Waals surface area contributed by atoms with Crippen molar-refractivity contribution >= 4 is 17.9 Å². The predicted octanol–water partition coefficient (Wildman–Crippen LogP) is 3.05. The van der Waals surface area contributed by atoms with Gasteiger partial charge in [0, 0.05) is 11.3 Å². The lowest BCUT2D eigenvalue weighted by atomic mass is 10.1. The molecule has 1 aromatic carbocycles. The Hall–Kier alpha value is -2.01. The Labute approximate surface area is 119 Å². The van der Waals surface area contributed by atoms with Crippen LogP contribution in [0.1, 0.15) is 26.3 Å². The zero-order valence-corrected chi connectivity index (χ0v) is 12.3. The number of ether oxygens (including phenoxy) is 2. The minimum atomic E-state index is -0.545. The first kappa shape index (κ1) is 16.0. The van der Waals surface area contributed by atoms with Gasteiger partial charge in [-0.3, -0.25) is 5.32 Å². The van der Waals surface area contributed by atoms with Crippen LogP contribution in [0.3, 0.4) is 0 Å². The molecule has 0 radical (unpaired) electrons. The molecule has 110 valence electrons. The topological polar surface area (TPSA) is 67.8 Å². The summed E-state index contributed by atoms with van der Waals surface area (Å²) in [7, 11) is 1.56. The molecular weight excluding hydrogens is 258 g/mol. The lowest BCUT2D eigenvalue weighted by Gasteiger charge is -2.20. The third kappa shape index (κ3) is 5.32. The summed E-state index contributed by atoms with van der Waals surface area (Å²) in [5, 5.41) is 11.5. The van der Waals surface area contributed by atoms with Gasteiger partial charge in [-0.1, -0.05) is 12.2 Å². The molecular formula is C15H21NO4. The summed E-state index contributed by atoms with van der Waals surface area (Å²) in [5.74, 6) is 0.657. The molecule has 0 saturated heterocycles. The fourth-order valence-corrected chi connectivity index (χ4v) is 1.54. The molecule has 5 nitrogen and oxygen atoms in total. The number of hydrogen-bond acceptors (Lipinski definition) is 4. The average Bonchev–Trinajstić information content (AvgIpc) is 2.34. The fraction of sp³-hybridized carbons (Fsp3) is 0.400. The first-order valence-electron chi connectivity index (χ1n) is 6.31. The summed E-state index contributed by atoms with van der Waals surface area (Å²) in [6, 6.07) is 5.21. The molecule has 2 N–H and O–H groups in total. The molecule has 0 spiro atoms. The van der Waals surface area contributed by atoms with Crippen LogP contribution in [0.5, 0.6) is 5.75 Å². The second kappa shape index (κ2) is 6.96. The quantitative estimate of drug-likeness (QED) is 0.889. The fourth-order valence-electron chi connectivity index (χ4n) is 1.54. The maximum Gasteiger partial charge on any atom is 0.412 e. The van der Waals surface area contributed by atoms with E-state index in [1.54, 1.807) is 58.2 Å². The van der Waals surface area contributed by atoms with Crippen LogP contribution in [0, 0.1) is 0 Å². The van der Waals surface area contributed by atoms with Crippen LogP contribution in [0.15, 0.2) is 24.3 Å². The number of anilines is 1.